The topological polar surface area (TPSA) is 64.1 Å². The molecule has 0 saturated heterocycles. The molecular weight excluding hydrogens is 333 g/mol. The van der Waals surface area contributed by atoms with E-state index in [1.807, 2.05) is 13.0 Å². The first-order valence-electron chi connectivity index (χ1n) is 8.20. The van der Waals surface area contributed by atoms with E-state index in [0.29, 0.717) is 16.6 Å². The van der Waals surface area contributed by atoms with Gasteiger partial charge in [-0.25, -0.2) is 9.37 Å². The predicted molar refractivity (Wildman–Crippen MR) is 97.4 cm³/mol. The van der Waals surface area contributed by atoms with E-state index in [4.69, 9.17) is 4.74 Å². The Labute approximate surface area is 150 Å². The Bertz CT molecular complexity index is 957. The number of nitrogens with one attached hydrogen (secondary N) is 1. The SMILES string of the molecule is C/C=C/COc1cccc(CNC(=O)c2ccc3ncccc3n2)c1F. The molecule has 0 spiro atoms. The molecule has 26 heavy (non-hydrogen) atoms. The Morgan fingerprint density at radius 1 is 1.19 bits per heavy atom. The van der Waals surface area contributed by atoms with Crippen LogP contribution < -0.4 is 10.1 Å². The number of carbonyl (C=O) groups excluding carboxylic acids is 1. The highest BCUT2D eigenvalue weighted by atomic mass is 19.1. The van der Waals surface area contributed by atoms with Crippen LogP contribution in [-0.2, 0) is 6.54 Å². The molecule has 0 radical (unpaired) electrons. The van der Waals surface area contributed by atoms with Gasteiger partial charge >= 0.3 is 0 Å². The van der Waals surface area contributed by atoms with Crippen LogP contribution in [-0.4, -0.2) is 22.5 Å². The summed E-state index contributed by atoms with van der Waals surface area (Å²) in [6, 6.07) is 11.7. The van der Waals surface area contributed by atoms with Gasteiger partial charge in [0, 0.05) is 18.3 Å². The van der Waals surface area contributed by atoms with Crippen molar-refractivity contribution < 1.29 is 13.9 Å². The number of allylic oxidation sites excluding steroid dienone is 1. The number of hydrogen-bond donors (Lipinski definition) is 1. The van der Waals surface area contributed by atoms with E-state index in [1.54, 1.807) is 54.7 Å². The molecule has 2 heterocycles. The molecule has 0 atom stereocenters. The minimum atomic E-state index is -0.479. The molecule has 0 saturated carbocycles. The number of hydrogen-bond acceptors (Lipinski definition) is 4. The number of halogens is 1. The van der Waals surface area contributed by atoms with Crippen molar-refractivity contribution in [1.82, 2.24) is 15.3 Å². The lowest BCUT2D eigenvalue weighted by molar-refractivity contribution is 0.0946. The zero-order chi connectivity index (χ0) is 18.4. The van der Waals surface area contributed by atoms with Crippen LogP contribution >= 0.6 is 0 Å². The summed E-state index contributed by atoms with van der Waals surface area (Å²) in [5, 5.41) is 2.68. The quantitative estimate of drug-likeness (QED) is 0.689. The summed E-state index contributed by atoms with van der Waals surface area (Å²) in [7, 11) is 0. The molecule has 2 aromatic heterocycles. The molecule has 3 rings (SSSR count). The maximum absolute atomic E-state index is 14.4. The van der Waals surface area contributed by atoms with Gasteiger partial charge in [-0.05, 0) is 37.3 Å². The monoisotopic (exact) mass is 351 g/mol. The summed E-state index contributed by atoms with van der Waals surface area (Å²) in [5.41, 5.74) is 1.94. The Morgan fingerprint density at radius 3 is 2.92 bits per heavy atom. The maximum atomic E-state index is 14.4. The van der Waals surface area contributed by atoms with Crippen LogP contribution in [0.1, 0.15) is 23.0 Å². The highest BCUT2D eigenvalue weighted by Gasteiger charge is 2.12. The van der Waals surface area contributed by atoms with Gasteiger partial charge in [0.15, 0.2) is 11.6 Å². The number of pyridine rings is 2. The van der Waals surface area contributed by atoms with Gasteiger partial charge in [0.1, 0.15) is 12.3 Å². The van der Waals surface area contributed by atoms with E-state index in [-0.39, 0.29) is 30.5 Å². The van der Waals surface area contributed by atoms with Gasteiger partial charge < -0.3 is 10.1 Å². The molecule has 0 aliphatic rings. The van der Waals surface area contributed by atoms with Crippen LogP contribution in [0.15, 0.2) is 60.8 Å². The van der Waals surface area contributed by atoms with Gasteiger partial charge in [-0.15, -0.1) is 0 Å². The fourth-order valence-corrected chi connectivity index (χ4v) is 2.39. The lowest BCUT2D eigenvalue weighted by atomic mass is 10.2. The van der Waals surface area contributed by atoms with E-state index in [2.05, 4.69) is 15.3 Å². The van der Waals surface area contributed by atoms with E-state index in [1.165, 1.54) is 0 Å². The first kappa shape index (κ1) is 17.5. The summed E-state index contributed by atoms with van der Waals surface area (Å²) in [5.74, 6) is -0.701. The van der Waals surface area contributed by atoms with Gasteiger partial charge in [-0.1, -0.05) is 24.3 Å². The number of ether oxygens (including phenoxy) is 1. The van der Waals surface area contributed by atoms with Crippen molar-refractivity contribution in [3.63, 3.8) is 0 Å². The lowest BCUT2D eigenvalue weighted by Crippen LogP contribution is -2.24. The smallest absolute Gasteiger partial charge is 0.270 e. The van der Waals surface area contributed by atoms with Crippen LogP contribution in [0.2, 0.25) is 0 Å². The molecule has 3 aromatic rings. The predicted octanol–water partition coefficient (Wildman–Crippen LogP) is 3.65. The van der Waals surface area contributed by atoms with Crippen molar-refractivity contribution in [3.8, 4) is 5.75 Å². The van der Waals surface area contributed by atoms with E-state index in [0.717, 1.165) is 0 Å². The van der Waals surface area contributed by atoms with Crippen LogP contribution in [0.5, 0.6) is 5.75 Å². The van der Waals surface area contributed by atoms with Crippen molar-refractivity contribution >= 4 is 16.9 Å². The normalized spacial score (nSPS) is 11.0. The van der Waals surface area contributed by atoms with Gasteiger partial charge in [0.25, 0.3) is 5.91 Å². The second-order valence-corrected chi connectivity index (χ2v) is 5.53. The largest absolute Gasteiger partial charge is 0.486 e. The van der Waals surface area contributed by atoms with E-state index < -0.39 is 5.82 Å². The van der Waals surface area contributed by atoms with Crippen molar-refractivity contribution in [1.29, 1.82) is 0 Å². The van der Waals surface area contributed by atoms with Crippen molar-refractivity contribution in [2.24, 2.45) is 0 Å². The van der Waals surface area contributed by atoms with Crippen LogP contribution in [0.4, 0.5) is 4.39 Å². The molecule has 0 bridgehead atoms. The summed E-state index contributed by atoms with van der Waals surface area (Å²) in [6.07, 6.45) is 5.28. The minimum absolute atomic E-state index is 0.0399. The number of benzene rings is 1. The van der Waals surface area contributed by atoms with Crippen molar-refractivity contribution in [3.05, 3.63) is 77.9 Å². The first-order valence-corrected chi connectivity index (χ1v) is 8.20. The van der Waals surface area contributed by atoms with E-state index >= 15 is 0 Å². The summed E-state index contributed by atoms with van der Waals surface area (Å²) >= 11 is 0. The number of amides is 1. The molecule has 0 aliphatic heterocycles. The third-order valence-corrected chi connectivity index (χ3v) is 3.74. The third-order valence-electron chi connectivity index (χ3n) is 3.74. The molecule has 1 aromatic carbocycles. The second kappa shape index (κ2) is 8.20. The highest BCUT2D eigenvalue weighted by Crippen LogP contribution is 2.20. The van der Waals surface area contributed by atoms with Crippen LogP contribution in [0.25, 0.3) is 11.0 Å². The number of nitrogens with zero attached hydrogens (tertiary/aromatic N) is 2. The maximum Gasteiger partial charge on any atom is 0.270 e. The average molecular weight is 351 g/mol. The molecule has 1 N–H and O–H groups in total. The zero-order valence-corrected chi connectivity index (χ0v) is 14.3. The molecule has 132 valence electrons. The molecular formula is C20H18FN3O2. The average Bonchev–Trinajstić information content (AvgIpc) is 2.68. The van der Waals surface area contributed by atoms with Gasteiger partial charge in [0.2, 0.25) is 0 Å². The van der Waals surface area contributed by atoms with Crippen LogP contribution in [0, 0.1) is 5.82 Å². The standard InChI is InChI=1S/C20H18FN3O2/c1-2-3-12-26-18-8-4-6-14(19(18)21)13-23-20(25)17-10-9-15-16(24-17)7-5-11-22-15/h2-11H,12-13H2,1H3,(H,23,25)/b3-2+. The van der Waals surface area contributed by atoms with Crippen LogP contribution in [0.3, 0.4) is 0 Å². The number of carbonyl (C=O) groups is 1. The van der Waals surface area contributed by atoms with Crippen molar-refractivity contribution in [2.45, 2.75) is 13.5 Å². The minimum Gasteiger partial charge on any atom is -0.486 e. The zero-order valence-electron chi connectivity index (χ0n) is 14.3. The Kier molecular flexibility index (Phi) is 5.53. The number of fused-ring (bicyclic) bond motifs is 1. The first-order chi connectivity index (χ1) is 12.7. The molecule has 0 fully saturated rings. The van der Waals surface area contributed by atoms with Gasteiger partial charge in [-0.3, -0.25) is 9.78 Å². The van der Waals surface area contributed by atoms with E-state index in [9.17, 15) is 9.18 Å². The molecule has 6 heteroatoms. The van der Waals surface area contributed by atoms with Crippen molar-refractivity contribution in [2.75, 3.05) is 6.61 Å². The fourth-order valence-electron chi connectivity index (χ4n) is 2.39. The number of aromatic nitrogens is 2. The fraction of sp³-hybridized carbons (Fsp3) is 0.150. The summed E-state index contributed by atoms with van der Waals surface area (Å²) < 4.78 is 19.8. The molecule has 1 amide bonds. The third kappa shape index (κ3) is 4.03. The van der Waals surface area contributed by atoms with Gasteiger partial charge in [-0.2, -0.15) is 0 Å². The lowest BCUT2D eigenvalue weighted by Gasteiger charge is -2.10. The molecule has 0 aliphatic carbocycles. The summed E-state index contributed by atoms with van der Waals surface area (Å²) in [4.78, 5) is 20.8. The Hall–Kier alpha value is -3.28. The molecule has 0 unspecified atom stereocenters. The molecule has 5 nitrogen and oxygen atoms in total. The second-order valence-electron chi connectivity index (χ2n) is 5.53. The summed E-state index contributed by atoms with van der Waals surface area (Å²) in [6.45, 7) is 2.19. The number of rotatable bonds is 6. The Morgan fingerprint density at radius 2 is 2.08 bits per heavy atom. The van der Waals surface area contributed by atoms with Gasteiger partial charge in [0.05, 0.1) is 11.0 Å². The highest BCUT2D eigenvalue weighted by molar-refractivity contribution is 5.94. The Balaban J connectivity index is 1.69.